The summed E-state index contributed by atoms with van der Waals surface area (Å²) in [5.74, 6) is -2.36. The van der Waals surface area contributed by atoms with Crippen molar-refractivity contribution in [2.24, 2.45) is 0 Å². The maximum atomic E-state index is 13.6. The lowest BCUT2D eigenvalue weighted by molar-refractivity contribution is -0.153. The molecule has 8 heteroatoms. The molecule has 2 heterocycles. The van der Waals surface area contributed by atoms with Gasteiger partial charge in [-0.05, 0) is 73.6 Å². The van der Waals surface area contributed by atoms with E-state index in [4.69, 9.17) is 18.9 Å². The molecular weight excluding hydrogens is 560 g/mol. The Morgan fingerprint density at radius 2 is 1.66 bits per heavy atom. The lowest BCUT2D eigenvalue weighted by Gasteiger charge is -2.37. The van der Waals surface area contributed by atoms with E-state index >= 15 is 0 Å². The molecule has 2 aliphatic carbocycles. The number of carbonyl (C=O) groups is 3. The van der Waals surface area contributed by atoms with Crippen LogP contribution in [0.25, 0.3) is 16.9 Å². The standard InChI is InChI=1S/C36H36O8/c1-34(2)19-22-17-28-31(33(40)44-35(28,3)32(39)25(22)20-43-34)30(38)18-29(37)21-10-11-24-23-8-6-7-9-26(23)36(12-14-41-4,13-15-42-5)27(24)16-21/h6-11,16-18,20,37H,12-15,19H2,1-5H3/b29-18-. The molecule has 2 aromatic carbocycles. The molecule has 0 spiro atoms. The zero-order chi connectivity index (χ0) is 31.4. The number of rotatable bonds is 9. The molecule has 0 radical (unpaired) electrons. The van der Waals surface area contributed by atoms with Crippen LogP contribution in [0.1, 0.15) is 56.7 Å². The second-order valence-electron chi connectivity index (χ2n) is 12.6. The van der Waals surface area contributed by atoms with Crippen molar-refractivity contribution < 1.29 is 38.4 Å². The Kier molecular flexibility index (Phi) is 7.25. The minimum Gasteiger partial charge on any atom is -0.507 e. The molecule has 0 amide bonds. The SMILES string of the molecule is COCCC1(CCOC)c2ccccc2-c2ccc(/C(O)=C/C(=O)C3=C4C=C5CC(C)(C)OC=C5C(=O)C4(C)OC3=O)cc21. The average Bonchev–Trinajstić information content (AvgIpc) is 3.42. The normalized spacial score (nSPS) is 22.7. The summed E-state index contributed by atoms with van der Waals surface area (Å²) >= 11 is 0. The molecule has 8 nitrogen and oxygen atoms in total. The van der Waals surface area contributed by atoms with Gasteiger partial charge in [0.25, 0.3) is 0 Å². The summed E-state index contributed by atoms with van der Waals surface area (Å²) in [7, 11) is 3.35. The first-order valence-electron chi connectivity index (χ1n) is 14.8. The van der Waals surface area contributed by atoms with Crippen LogP contribution in [0.3, 0.4) is 0 Å². The van der Waals surface area contributed by atoms with Crippen LogP contribution in [0.2, 0.25) is 0 Å². The largest absolute Gasteiger partial charge is 0.507 e. The average molecular weight is 597 g/mol. The summed E-state index contributed by atoms with van der Waals surface area (Å²) < 4.78 is 22.2. The highest BCUT2D eigenvalue weighted by atomic mass is 16.6. The zero-order valence-electron chi connectivity index (χ0n) is 25.6. The van der Waals surface area contributed by atoms with Crippen molar-refractivity contribution in [2.75, 3.05) is 27.4 Å². The third-order valence-electron chi connectivity index (χ3n) is 9.28. The molecule has 44 heavy (non-hydrogen) atoms. The van der Waals surface area contributed by atoms with Crippen molar-refractivity contribution in [2.45, 2.75) is 56.7 Å². The monoisotopic (exact) mass is 596 g/mol. The second kappa shape index (κ2) is 10.7. The molecule has 4 aliphatic rings. The molecule has 1 unspecified atom stereocenters. The van der Waals surface area contributed by atoms with Gasteiger partial charge in [0, 0.05) is 56.5 Å². The van der Waals surface area contributed by atoms with Gasteiger partial charge in [-0.15, -0.1) is 0 Å². The van der Waals surface area contributed by atoms with Crippen LogP contribution in [-0.2, 0) is 38.7 Å². The number of methoxy groups -OCH3 is 2. The second-order valence-corrected chi connectivity index (χ2v) is 12.6. The van der Waals surface area contributed by atoms with Crippen molar-refractivity contribution in [1.29, 1.82) is 0 Å². The number of fused-ring (bicyclic) bond motifs is 5. The zero-order valence-corrected chi connectivity index (χ0v) is 25.6. The predicted octanol–water partition coefficient (Wildman–Crippen LogP) is 5.70. The van der Waals surface area contributed by atoms with Gasteiger partial charge in [-0.3, -0.25) is 9.59 Å². The van der Waals surface area contributed by atoms with E-state index in [9.17, 15) is 19.5 Å². The molecule has 2 aromatic rings. The lowest BCUT2D eigenvalue weighted by Crippen LogP contribution is -2.43. The fourth-order valence-electron chi connectivity index (χ4n) is 7.01. The van der Waals surface area contributed by atoms with E-state index in [1.165, 1.54) is 18.7 Å². The van der Waals surface area contributed by atoms with Gasteiger partial charge in [0.1, 0.15) is 16.9 Å². The molecular formula is C36H36O8. The fraction of sp³-hybridized carbons (Fsp3) is 0.361. The van der Waals surface area contributed by atoms with Crippen LogP contribution in [-0.4, -0.2) is 61.3 Å². The first-order valence-corrected chi connectivity index (χ1v) is 14.8. The Morgan fingerprint density at radius 1 is 0.977 bits per heavy atom. The van der Waals surface area contributed by atoms with Crippen LogP contribution in [0.5, 0.6) is 0 Å². The van der Waals surface area contributed by atoms with Gasteiger partial charge in [0.15, 0.2) is 11.4 Å². The molecule has 228 valence electrons. The van der Waals surface area contributed by atoms with E-state index in [1.807, 2.05) is 38.1 Å². The number of esters is 1. The van der Waals surface area contributed by atoms with Crippen LogP contribution in [0, 0.1) is 0 Å². The number of ketones is 2. The van der Waals surface area contributed by atoms with E-state index in [0.29, 0.717) is 49.2 Å². The van der Waals surface area contributed by atoms with Crippen LogP contribution in [0.15, 0.2) is 83.2 Å². The van der Waals surface area contributed by atoms with E-state index in [0.717, 1.165) is 22.8 Å². The molecule has 1 N–H and O–H groups in total. The Hall–Kier alpha value is -4.27. The summed E-state index contributed by atoms with van der Waals surface area (Å²) in [6.45, 7) is 6.32. The van der Waals surface area contributed by atoms with E-state index in [1.54, 1.807) is 26.4 Å². The maximum absolute atomic E-state index is 13.6. The van der Waals surface area contributed by atoms with Crippen molar-refractivity contribution in [3.05, 3.63) is 99.9 Å². The first kappa shape index (κ1) is 29.8. The number of Topliss-reactive ketones (excluding diaryl/α,β-unsaturated/α-hetero) is 1. The lowest BCUT2D eigenvalue weighted by atomic mass is 9.73. The van der Waals surface area contributed by atoms with Gasteiger partial charge < -0.3 is 24.1 Å². The number of hydrogen-bond acceptors (Lipinski definition) is 8. The van der Waals surface area contributed by atoms with Gasteiger partial charge in [0.2, 0.25) is 5.78 Å². The minimum absolute atomic E-state index is 0.203. The molecule has 0 saturated carbocycles. The third kappa shape index (κ3) is 4.55. The minimum atomic E-state index is -1.65. The number of allylic oxidation sites excluding steroid dienone is 1. The topological polar surface area (TPSA) is 108 Å². The van der Waals surface area contributed by atoms with Gasteiger partial charge in [0.05, 0.1) is 11.8 Å². The summed E-state index contributed by atoms with van der Waals surface area (Å²) in [6.07, 6.45) is 5.95. The van der Waals surface area contributed by atoms with E-state index in [-0.39, 0.29) is 16.9 Å². The van der Waals surface area contributed by atoms with Crippen molar-refractivity contribution >= 4 is 23.3 Å². The Balaban J connectivity index is 1.41. The highest BCUT2D eigenvalue weighted by Crippen LogP contribution is 2.53. The number of aliphatic hydroxyl groups excluding tert-OH is 1. The Morgan fingerprint density at radius 3 is 2.36 bits per heavy atom. The van der Waals surface area contributed by atoms with Crippen molar-refractivity contribution in [1.82, 2.24) is 0 Å². The molecule has 1 atom stereocenters. The summed E-state index contributed by atoms with van der Waals surface area (Å²) in [5, 5.41) is 11.3. The molecule has 0 bridgehead atoms. The maximum Gasteiger partial charge on any atom is 0.343 e. The summed E-state index contributed by atoms with van der Waals surface area (Å²) in [4.78, 5) is 40.2. The third-order valence-corrected chi connectivity index (χ3v) is 9.28. The molecule has 0 aromatic heterocycles. The Bertz CT molecular complexity index is 1710. The molecule has 6 rings (SSSR count). The van der Waals surface area contributed by atoms with E-state index in [2.05, 4.69) is 12.1 Å². The molecule has 2 aliphatic heterocycles. The smallest absolute Gasteiger partial charge is 0.343 e. The van der Waals surface area contributed by atoms with E-state index < -0.39 is 34.2 Å². The van der Waals surface area contributed by atoms with Gasteiger partial charge >= 0.3 is 5.97 Å². The Labute approximate surface area is 256 Å². The summed E-state index contributed by atoms with van der Waals surface area (Å²) in [6, 6.07) is 13.9. The van der Waals surface area contributed by atoms with Crippen molar-refractivity contribution in [3.8, 4) is 11.1 Å². The quantitative estimate of drug-likeness (QED) is 0.170. The van der Waals surface area contributed by atoms with Gasteiger partial charge in [-0.25, -0.2) is 4.79 Å². The fourth-order valence-corrected chi connectivity index (χ4v) is 7.01. The number of carbonyl (C=O) groups excluding carboxylic acids is 3. The van der Waals surface area contributed by atoms with Crippen LogP contribution >= 0.6 is 0 Å². The molecule has 0 saturated heterocycles. The van der Waals surface area contributed by atoms with Crippen LogP contribution in [0.4, 0.5) is 0 Å². The predicted molar refractivity (Wildman–Crippen MR) is 164 cm³/mol. The van der Waals surface area contributed by atoms with Gasteiger partial charge in [-0.1, -0.05) is 36.4 Å². The summed E-state index contributed by atoms with van der Waals surface area (Å²) in [5.41, 5.74) is 3.11. The highest BCUT2D eigenvalue weighted by molar-refractivity contribution is 6.28. The number of hydrogen-bond donors (Lipinski definition) is 1. The molecule has 0 fully saturated rings. The van der Waals surface area contributed by atoms with Gasteiger partial charge in [-0.2, -0.15) is 0 Å². The number of aliphatic hydroxyl groups is 1. The number of ether oxygens (including phenoxy) is 4. The first-order chi connectivity index (χ1) is 21.0. The van der Waals surface area contributed by atoms with Crippen LogP contribution < -0.4 is 0 Å². The number of benzene rings is 2. The van der Waals surface area contributed by atoms with Crippen molar-refractivity contribution in [3.63, 3.8) is 0 Å². The highest BCUT2D eigenvalue weighted by Gasteiger charge is 2.55.